The Balaban J connectivity index is 0.00000220. The van der Waals surface area contributed by atoms with Crippen LogP contribution in [-0.2, 0) is 9.53 Å². The average Bonchev–Trinajstić information content (AvgIpc) is 2.93. The SMILES string of the molecule is CN(C)CCN(C(=O)CC1COCCN1)C1CCCC1.Cl. The van der Waals surface area contributed by atoms with Crippen molar-refractivity contribution >= 4 is 18.3 Å². The molecule has 21 heavy (non-hydrogen) atoms. The van der Waals surface area contributed by atoms with Crippen LogP contribution < -0.4 is 5.32 Å². The second-order valence-electron chi connectivity index (χ2n) is 6.26. The number of amides is 1. The molecule has 6 heteroatoms. The van der Waals surface area contributed by atoms with Gasteiger partial charge in [-0.15, -0.1) is 12.4 Å². The summed E-state index contributed by atoms with van der Waals surface area (Å²) < 4.78 is 5.44. The molecule has 1 aliphatic heterocycles. The number of nitrogens with one attached hydrogen (secondary N) is 1. The highest BCUT2D eigenvalue weighted by atomic mass is 35.5. The number of carbonyl (C=O) groups is 1. The van der Waals surface area contributed by atoms with E-state index in [0.29, 0.717) is 25.0 Å². The molecule has 1 aliphatic carbocycles. The summed E-state index contributed by atoms with van der Waals surface area (Å²) in [5.41, 5.74) is 0. The van der Waals surface area contributed by atoms with E-state index in [1.165, 1.54) is 25.7 Å². The average molecular weight is 320 g/mol. The number of ether oxygens (including phenoxy) is 1. The van der Waals surface area contributed by atoms with Crippen LogP contribution in [0.1, 0.15) is 32.1 Å². The highest BCUT2D eigenvalue weighted by molar-refractivity contribution is 5.85. The molecule has 2 rings (SSSR count). The number of hydrogen-bond donors (Lipinski definition) is 1. The molecule has 0 radical (unpaired) electrons. The molecule has 0 aromatic rings. The lowest BCUT2D eigenvalue weighted by atomic mass is 10.1. The fourth-order valence-electron chi connectivity index (χ4n) is 3.11. The lowest BCUT2D eigenvalue weighted by molar-refractivity contribution is -0.134. The van der Waals surface area contributed by atoms with Crippen LogP contribution in [0, 0.1) is 0 Å². The van der Waals surface area contributed by atoms with Gasteiger partial charge >= 0.3 is 0 Å². The van der Waals surface area contributed by atoms with Gasteiger partial charge in [0.25, 0.3) is 0 Å². The predicted octanol–water partition coefficient (Wildman–Crippen LogP) is 1.12. The van der Waals surface area contributed by atoms with E-state index in [4.69, 9.17) is 4.74 Å². The first kappa shape index (κ1) is 18.7. The molecule has 1 unspecified atom stereocenters. The zero-order chi connectivity index (χ0) is 14.4. The molecular weight excluding hydrogens is 290 g/mol. The molecule has 0 aromatic heterocycles. The van der Waals surface area contributed by atoms with E-state index in [0.717, 1.165) is 26.2 Å². The smallest absolute Gasteiger partial charge is 0.224 e. The fraction of sp³-hybridized carbons (Fsp3) is 0.933. The first-order valence-corrected chi connectivity index (χ1v) is 7.92. The van der Waals surface area contributed by atoms with Crippen LogP contribution in [0.3, 0.4) is 0 Å². The first-order chi connectivity index (χ1) is 9.66. The normalized spacial score (nSPS) is 23.1. The lowest BCUT2D eigenvalue weighted by Gasteiger charge is -2.32. The van der Waals surface area contributed by atoms with Crippen molar-refractivity contribution in [3.63, 3.8) is 0 Å². The molecule has 0 aromatic carbocycles. The molecule has 0 spiro atoms. The quantitative estimate of drug-likeness (QED) is 0.797. The molecule has 1 N–H and O–H groups in total. The van der Waals surface area contributed by atoms with Crippen LogP contribution in [0.5, 0.6) is 0 Å². The Kier molecular flexibility index (Phi) is 8.56. The number of morpholine rings is 1. The minimum Gasteiger partial charge on any atom is -0.378 e. The number of rotatable bonds is 6. The largest absolute Gasteiger partial charge is 0.378 e. The van der Waals surface area contributed by atoms with E-state index in [2.05, 4.69) is 29.2 Å². The van der Waals surface area contributed by atoms with Crippen LogP contribution in [-0.4, -0.2) is 74.7 Å². The van der Waals surface area contributed by atoms with Crippen molar-refractivity contribution in [2.24, 2.45) is 0 Å². The van der Waals surface area contributed by atoms with Crippen molar-refractivity contribution in [1.82, 2.24) is 15.1 Å². The maximum absolute atomic E-state index is 12.6. The van der Waals surface area contributed by atoms with Gasteiger partial charge < -0.3 is 19.9 Å². The lowest BCUT2D eigenvalue weighted by Crippen LogP contribution is -2.48. The Morgan fingerprint density at radius 3 is 2.52 bits per heavy atom. The second-order valence-corrected chi connectivity index (χ2v) is 6.26. The van der Waals surface area contributed by atoms with Gasteiger partial charge in [0.1, 0.15) is 0 Å². The molecule has 0 bridgehead atoms. The van der Waals surface area contributed by atoms with Gasteiger partial charge in [0.2, 0.25) is 5.91 Å². The van der Waals surface area contributed by atoms with Gasteiger partial charge in [-0.3, -0.25) is 4.79 Å². The molecule has 1 amide bonds. The third-order valence-electron chi connectivity index (χ3n) is 4.29. The van der Waals surface area contributed by atoms with Gasteiger partial charge in [-0.2, -0.15) is 0 Å². The standard InChI is InChI=1S/C15H29N3O2.ClH/c1-17(2)8-9-18(14-5-3-4-6-14)15(19)11-13-12-20-10-7-16-13;/h13-14,16H,3-12H2,1-2H3;1H. The molecule has 124 valence electrons. The van der Waals surface area contributed by atoms with Crippen LogP contribution in [0.15, 0.2) is 0 Å². The molecule has 2 aliphatic rings. The highest BCUT2D eigenvalue weighted by Gasteiger charge is 2.28. The Morgan fingerprint density at radius 1 is 1.24 bits per heavy atom. The van der Waals surface area contributed by atoms with Crippen molar-refractivity contribution < 1.29 is 9.53 Å². The van der Waals surface area contributed by atoms with Crippen LogP contribution in [0.2, 0.25) is 0 Å². The molecule has 1 heterocycles. The van der Waals surface area contributed by atoms with Gasteiger partial charge in [0.15, 0.2) is 0 Å². The van der Waals surface area contributed by atoms with E-state index in [-0.39, 0.29) is 18.4 Å². The summed E-state index contributed by atoms with van der Waals surface area (Å²) in [7, 11) is 4.13. The maximum Gasteiger partial charge on any atom is 0.224 e. The minimum atomic E-state index is 0. The predicted molar refractivity (Wildman–Crippen MR) is 87.0 cm³/mol. The summed E-state index contributed by atoms with van der Waals surface area (Å²) in [5.74, 6) is 0.293. The number of carbonyl (C=O) groups excluding carboxylic acids is 1. The van der Waals surface area contributed by atoms with E-state index < -0.39 is 0 Å². The Labute approximate surface area is 134 Å². The van der Waals surface area contributed by atoms with Gasteiger partial charge in [-0.1, -0.05) is 12.8 Å². The highest BCUT2D eigenvalue weighted by Crippen LogP contribution is 2.24. The molecule has 1 saturated heterocycles. The summed E-state index contributed by atoms with van der Waals surface area (Å²) in [5, 5.41) is 3.38. The summed E-state index contributed by atoms with van der Waals surface area (Å²) in [6, 6.07) is 0.659. The summed E-state index contributed by atoms with van der Waals surface area (Å²) in [6.45, 7) is 4.08. The number of halogens is 1. The monoisotopic (exact) mass is 319 g/mol. The number of hydrogen-bond acceptors (Lipinski definition) is 4. The Hall–Kier alpha value is -0.360. The Morgan fingerprint density at radius 2 is 1.95 bits per heavy atom. The van der Waals surface area contributed by atoms with Crippen molar-refractivity contribution in [2.75, 3.05) is 46.9 Å². The van der Waals surface area contributed by atoms with Gasteiger partial charge in [0.05, 0.1) is 13.2 Å². The molecular formula is C15H30ClN3O2. The van der Waals surface area contributed by atoms with E-state index in [1.54, 1.807) is 0 Å². The molecule has 2 fully saturated rings. The number of nitrogens with zero attached hydrogens (tertiary/aromatic N) is 2. The zero-order valence-electron chi connectivity index (χ0n) is 13.3. The summed E-state index contributed by atoms with van der Waals surface area (Å²) >= 11 is 0. The van der Waals surface area contributed by atoms with Gasteiger partial charge in [-0.25, -0.2) is 0 Å². The molecule has 5 nitrogen and oxygen atoms in total. The van der Waals surface area contributed by atoms with Gasteiger partial charge in [-0.05, 0) is 26.9 Å². The Bertz CT molecular complexity index is 303. The molecule has 1 saturated carbocycles. The van der Waals surface area contributed by atoms with Crippen molar-refractivity contribution in [3.8, 4) is 0 Å². The third kappa shape index (κ3) is 6.10. The second kappa shape index (κ2) is 9.62. The summed E-state index contributed by atoms with van der Waals surface area (Å²) in [6.07, 6.45) is 5.45. The first-order valence-electron chi connectivity index (χ1n) is 7.92. The van der Waals surface area contributed by atoms with Crippen molar-refractivity contribution in [3.05, 3.63) is 0 Å². The van der Waals surface area contributed by atoms with Gasteiger partial charge in [0, 0.05) is 38.1 Å². The molecule has 1 atom stereocenters. The van der Waals surface area contributed by atoms with Crippen LogP contribution >= 0.6 is 12.4 Å². The zero-order valence-corrected chi connectivity index (χ0v) is 14.2. The van der Waals surface area contributed by atoms with E-state index in [9.17, 15) is 4.79 Å². The number of likely N-dealkylation sites (N-methyl/N-ethyl adjacent to an activating group) is 1. The summed E-state index contributed by atoms with van der Waals surface area (Å²) in [4.78, 5) is 16.9. The fourth-order valence-corrected chi connectivity index (χ4v) is 3.11. The van der Waals surface area contributed by atoms with E-state index >= 15 is 0 Å². The third-order valence-corrected chi connectivity index (χ3v) is 4.29. The van der Waals surface area contributed by atoms with Crippen molar-refractivity contribution in [1.29, 1.82) is 0 Å². The van der Waals surface area contributed by atoms with Crippen LogP contribution in [0.4, 0.5) is 0 Å². The topological polar surface area (TPSA) is 44.8 Å². The minimum absolute atomic E-state index is 0. The van der Waals surface area contributed by atoms with Crippen molar-refractivity contribution in [2.45, 2.75) is 44.2 Å². The van der Waals surface area contributed by atoms with Crippen LogP contribution in [0.25, 0.3) is 0 Å². The maximum atomic E-state index is 12.6. The van der Waals surface area contributed by atoms with E-state index in [1.807, 2.05) is 0 Å².